The highest BCUT2D eigenvalue weighted by atomic mass is 32.1. The van der Waals surface area contributed by atoms with E-state index < -0.39 is 0 Å². The Hall–Kier alpha value is -1.68. The third kappa shape index (κ3) is 2.43. The van der Waals surface area contributed by atoms with E-state index in [0.29, 0.717) is 17.5 Å². The van der Waals surface area contributed by atoms with E-state index in [0.717, 1.165) is 23.1 Å². The van der Waals surface area contributed by atoms with Gasteiger partial charge in [-0.05, 0) is 30.9 Å². The number of hydrogen-bond donors (Lipinski definition) is 1. The van der Waals surface area contributed by atoms with Crippen LogP contribution in [0.2, 0.25) is 0 Å². The van der Waals surface area contributed by atoms with E-state index in [1.54, 1.807) is 0 Å². The van der Waals surface area contributed by atoms with Crippen LogP contribution < -0.4 is 5.32 Å². The van der Waals surface area contributed by atoms with E-state index in [9.17, 15) is 4.79 Å². The highest BCUT2D eigenvalue weighted by molar-refractivity contribution is 7.22. The standard InChI is InChI=1S/C14H14N2OS/c17-13(9-10-5-1-2-6-10)16-14-15-11-7-3-4-8-12(11)18-14/h1,3-5,7-8,10H,2,6,9H2,(H,15,16,17)/t10-/m0/s1. The number of fused-ring (bicyclic) bond motifs is 1. The average molecular weight is 258 g/mol. The number of thiazole rings is 1. The minimum atomic E-state index is 0.0607. The van der Waals surface area contributed by atoms with E-state index in [1.165, 1.54) is 11.3 Å². The summed E-state index contributed by atoms with van der Waals surface area (Å²) in [6.45, 7) is 0. The lowest BCUT2D eigenvalue weighted by molar-refractivity contribution is -0.116. The molecular weight excluding hydrogens is 244 g/mol. The molecule has 0 bridgehead atoms. The van der Waals surface area contributed by atoms with Crippen molar-refractivity contribution in [1.29, 1.82) is 0 Å². The lowest BCUT2D eigenvalue weighted by atomic mass is 10.1. The van der Waals surface area contributed by atoms with Crippen molar-refractivity contribution in [2.75, 3.05) is 5.32 Å². The Morgan fingerprint density at radius 2 is 2.33 bits per heavy atom. The first kappa shape index (κ1) is 11.4. The fraction of sp³-hybridized carbons (Fsp3) is 0.286. The largest absolute Gasteiger partial charge is 0.302 e. The van der Waals surface area contributed by atoms with Crippen molar-refractivity contribution in [2.24, 2.45) is 5.92 Å². The zero-order chi connectivity index (χ0) is 12.4. The topological polar surface area (TPSA) is 42.0 Å². The van der Waals surface area contributed by atoms with Crippen molar-refractivity contribution in [2.45, 2.75) is 19.3 Å². The maximum atomic E-state index is 11.9. The van der Waals surface area contributed by atoms with Gasteiger partial charge in [0.05, 0.1) is 10.2 Å². The summed E-state index contributed by atoms with van der Waals surface area (Å²) in [5.41, 5.74) is 0.943. The van der Waals surface area contributed by atoms with Crippen LogP contribution >= 0.6 is 11.3 Å². The van der Waals surface area contributed by atoms with Crippen LogP contribution in [0.1, 0.15) is 19.3 Å². The number of carbonyl (C=O) groups excluding carboxylic acids is 1. The first-order valence-corrected chi connectivity index (χ1v) is 6.95. The first-order chi connectivity index (χ1) is 8.81. The molecule has 0 fully saturated rings. The number of nitrogens with zero attached hydrogens (tertiary/aromatic N) is 1. The molecule has 1 aromatic heterocycles. The summed E-state index contributed by atoms with van der Waals surface area (Å²) < 4.78 is 1.11. The number of anilines is 1. The predicted octanol–water partition coefficient (Wildman–Crippen LogP) is 3.59. The van der Waals surface area contributed by atoms with Gasteiger partial charge in [0.2, 0.25) is 5.91 Å². The second kappa shape index (κ2) is 4.90. The lowest BCUT2D eigenvalue weighted by Crippen LogP contribution is -2.14. The van der Waals surface area contributed by atoms with Crippen molar-refractivity contribution >= 4 is 32.6 Å². The number of para-hydroxylation sites is 1. The molecule has 0 saturated heterocycles. The second-order valence-electron chi connectivity index (χ2n) is 4.50. The monoisotopic (exact) mass is 258 g/mol. The van der Waals surface area contributed by atoms with Crippen molar-refractivity contribution < 1.29 is 4.79 Å². The molecule has 2 aromatic rings. The molecule has 0 radical (unpaired) electrons. The van der Waals surface area contributed by atoms with Crippen LogP contribution in [0.3, 0.4) is 0 Å². The Morgan fingerprint density at radius 3 is 3.11 bits per heavy atom. The van der Waals surface area contributed by atoms with Crippen LogP contribution in [0.15, 0.2) is 36.4 Å². The zero-order valence-electron chi connectivity index (χ0n) is 9.93. The van der Waals surface area contributed by atoms with E-state index in [4.69, 9.17) is 0 Å². The summed E-state index contributed by atoms with van der Waals surface area (Å²) in [5, 5.41) is 3.59. The van der Waals surface area contributed by atoms with Gasteiger partial charge >= 0.3 is 0 Å². The van der Waals surface area contributed by atoms with Gasteiger partial charge in [0.15, 0.2) is 5.13 Å². The molecule has 0 saturated carbocycles. The maximum Gasteiger partial charge on any atom is 0.226 e. The number of amides is 1. The summed E-state index contributed by atoms with van der Waals surface area (Å²) in [6.07, 6.45) is 7.03. The summed E-state index contributed by atoms with van der Waals surface area (Å²) in [7, 11) is 0. The van der Waals surface area contributed by atoms with Crippen LogP contribution in [-0.2, 0) is 4.79 Å². The van der Waals surface area contributed by atoms with E-state index in [-0.39, 0.29) is 5.91 Å². The predicted molar refractivity (Wildman–Crippen MR) is 74.7 cm³/mol. The third-order valence-corrected chi connectivity index (χ3v) is 4.05. The average Bonchev–Trinajstić information content (AvgIpc) is 2.96. The molecule has 1 aliphatic rings. The second-order valence-corrected chi connectivity index (χ2v) is 5.54. The van der Waals surface area contributed by atoms with Gasteiger partial charge in [0.25, 0.3) is 0 Å². The fourth-order valence-corrected chi connectivity index (χ4v) is 3.08. The van der Waals surface area contributed by atoms with Gasteiger partial charge in [-0.1, -0.05) is 35.6 Å². The molecule has 1 atom stereocenters. The lowest BCUT2D eigenvalue weighted by Gasteiger charge is -2.06. The van der Waals surface area contributed by atoms with Gasteiger partial charge in [0, 0.05) is 6.42 Å². The Morgan fingerprint density at radius 1 is 1.44 bits per heavy atom. The molecule has 1 aromatic carbocycles. The molecule has 1 aliphatic carbocycles. The molecule has 3 rings (SSSR count). The van der Waals surface area contributed by atoms with Crippen LogP contribution in [0.25, 0.3) is 10.2 Å². The number of allylic oxidation sites excluding steroid dienone is 2. The van der Waals surface area contributed by atoms with E-state index >= 15 is 0 Å². The van der Waals surface area contributed by atoms with Gasteiger partial charge in [-0.3, -0.25) is 4.79 Å². The quantitative estimate of drug-likeness (QED) is 0.855. The van der Waals surface area contributed by atoms with Crippen LogP contribution in [0.4, 0.5) is 5.13 Å². The molecular formula is C14H14N2OS. The van der Waals surface area contributed by atoms with E-state index in [1.807, 2.05) is 24.3 Å². The van der Waals surface area contributed by atoms with Crippen molar-refractivity contribution in [1.82, 2.24) is 4.98 Å². The number of carbonyl (C=O) groups is 1. The van der Waals surface area contributed by atoms with Gasteiger partial charge < -0.3 is 5.32 Å². The number of rotatable bonds is 3. The summed E-state index contributed by atoms with van der Waals surface area (Å²) in [6, 6.07) is 7.91. The Kier molecular flexibility index (Phi) is 3.11. The molecule has 1 heterocycles. The van der Waals surface area contributed by atoms with Gasteiger partial charge in [-0.2, -0.15) is 0 Å². The molecule has 92 valence electrons. The number of aromatic nitrogens is 1. The highest BCUT2D eigenvalue weighted by Gasteiger charge is 2.15. The SMILES string of the molecule is O=C(C[C@H]1C=CCC1)Nc1nc2ccccc2s1. The molecule has 1 N–H and O–H groups in total. The Balaban J connectivity index is 1.68. The van der Waals surface area contributed by atoms with Gasteiger partial charge in [-0.15, -0.1) is 0 Å². The van der Waals surface area contributed by atoms with Gasteiger partial charge in [0.1, 0.15) is 0 Å². The third-order valence-electron chi connectivity index (χ3n) is 3.10. The van der Waals surface area contributed by atoms with Crippen molar-refractivity contribution in [3.05, 3.63) is 36.4 Å². The van der Waals surface area contributed by atoms with E-state index in [2.05, 4.69) is 22.5 Å². The normalized spacial score (nSPS) is 18.3. The molecule has 4 heteroatoms. The Labute approximate surface area is 110 Å². The van der Waals surface area contributed by atoms with Crippen molar-refractivity contribution in [3.63, 3.8) is 0 Å². The zero-order valence-corrected chi connectivity index (χ0v) is 10.7. The highest BCUT2D eigenvalue weighted by Crippen LogP contribution is 2.26. The molecule has 0 aliphatic heterocycles. The van der Waals surface area contributed by atoms with Crippen LogP contribution in [0.5, 0.6) is 0 Å². The molecule has 0 spiro atoms. The number of hydrogen-bond acceptors (Lipinski definition) is 3. The fourth-order valence-electron chi connectivity index (χ4n) is 2.20. The molecule has 3 nitrogen and oxygen atoms in total. The summed E-state index contributed by atoms with van der Waals surface area (Å²) in [5.74, 6) is 0.463. The molecule has 1 amide bonds. The van der Waals surface area contributed by atoms with Gasteiger partial charge in [-0.25, -0.2) is 4.98 Å². The minimum absolute atomic E-state index is 0.0607. The minimum Gasteiger partial charge on any atom is -0.302 e. The molecule has 18 heavy (non-hydrogen) atoms. The Bertz CT molecular complexity index is 570. The number of benzene rings is 1. The number of nitrogens with one attached hydrogen (secondary N) is 1. The van der Waals surface area contributed by atoms with Crippen LogP contribution in [-0.4, -0.2) is 10.9 Å². The van der Waals surface area contributed by atoms with Crippen molar-refractivity contribution in [3.8, 4) is 0 Å². The molecule has 0 unspecified atom stereocenters. The first-order valence-electron chi connectivity index (χ1n) is 6.13. The summed E-state index contributed by atoms with van der Waals surface area (Å²) in [4.78, 5) is 16.3. The smallest absolute Gasteiger partial charge is 0.226 e. The van der Waals surface area contributed by atoms with Crippen LogP contribution in [0, 0.1) is 5.92 Å². The summed E-state index contributed by atoms with van der Waals surface area (Å²) >= 11 is 1.52. The maximum absolute atomic E-state index is 11.9.